The van der Waals surface area contributed by atoms with Gasteiger partial charge in [0.15, 0.2) is 5.13 Å². The minimum atomic E-state index is 0.625. The quantitative estimate of drug-likeness (QED) is 0.779. The maximum absolute atomic E-state index is 8.92. The number of anilines is 2. The van der Waals surface area contributed by atoms with Gasteiger partial charge in [0, 0.05) is 5.69 Å². The van der Waals surface area contributed by atoms with Gasteiger partial charge >= 0.3 is 0 Å². The predicted octanol–water partition coefficient (Wildman–Crippen LogP) is 4.31. The Morgan fingerprint density at radius 1 is 1.29 bits per heavy atom. The van der Waals surface area contributed by atoms with Crippen LogP contribution in [0, 0.1) is 11.3 Å². The molecule has 0 aliphatic heterocycles. The standard InChI is InChI=1S/C16H13N3OS/c1-2-20-13-6-7-14-15(9-13)21-16(19-14)18-12-5-3-4-11(8-12)10-17/h3-9H,2H2,1H3,(H,18,19). The van der Waals surface area contributed by atoms with Gasteiger partial charge in [-0.1, -0.05) is 17.4 Å². The summed E-state index contributed by atoms with van der Waals surface area (Å²) in [7, 11) is 0. The Morgan fingerprint density at radius 2 is 2.19 bits per heavy atom. The lowest BCUT2D eigenvalue weighted by Crippen LogP contribution is -1.90. The van der Waals surface area contributed by atoms with E-state index in [4.69, 9.17) is 10.00 Å². The molecule has 1 heterocycles. The highest BCUT2D eigenvalue weighted by atomic mass is 32.1. The van der Waals surface area contributed by atoms with Crippen LogP contribution in [0.25, 0.3) is 10.2 Å². The number of nitriles is 1. The van der Waals surface area contributed by atoms with Crippen LogP contribution in [0.15, 0.2) is 42.5 Å². The van der Waals surface area contributed by atoms with Crippen molar-refractivity contribution in [1.29, 1.82) is 5.26 Å². The Hall–Kier alpha value is -2.58. The second-order valence-corrected chi connectivity index (χ2v) is 5.43. The molecule has 0 aliphatic carbocycles. The molecule has 5 heteroatoms. The number of rotatable bonds is 4. The minimum Gasteiger partial charge on any atom is -0.494 e. The SMILES string of the molecule is CCOc1ccc2nc(Nc3cccc(C#N)c3)sc2c1. The molecule has 1 N–H and O–H groups in total. The van der Waals surface area contributed by atoms with Crippen molar-refractivity contribution in [3.63, 3.8) is 0 Å². The van der Waals surface area contributed by atoms with Crippen LogP contribution in [-0.2, 0) is 0 Å². The number of benzene rings is 2. The molecule has 1 aromatic heterocycles. The van der Waals surface area contributed by atoms with E-state index in [0.29, 0.717) is 12.2 Å². The van der Waals surface area contributed by atoms with E-state index in [1.165, 1.54) is 0 Å². The Morgan fingerprint density at radius 3 is 3.00 bits per heavy atom. The van der Waals surface area contributed by atoms with E-state index in [9.17, 15) is 0 Å². The minimum absolute atomic E-state index is 0.625. The third kappa shape index (κ3) is 2.96. The van der Waals surface area contributed by atoms with E-state index >= 15 is 0 Å². The molecule has 4 nitrogen and oxygen atoms in total. The lowest BCUT2D eigenvalue weighted by atomic mass is 10.2. The number of thiazole rings is 1. The number of fused-ring (bicyclic) bond motifs is 1. The molecule has 0 amide bonds. The van der Waals surface area contributed by atoms with Gasteiger partial charge < -0.3 is 10.1 Å². The van der Waals surface area contributed by atoms with Gasteiger partial charge in [-0.3, -0.25) is 0 Å². The smallest absolute Gasteiger partial charge is 0.188 e. The fourth-order valence-electron chi connectivity index (χ4n) is 2.00. The summed E-state index contributed by atoms with van der Waals surface area (Å²) in [5, 5.41) is 13.0. The van der Waals surface area contributed by atoms with Crippen molar-refractivity contribution in [1.82, 2.24) is 4.98 Å². The van der Waals surface area contributed by atoms with Crippen LogP contribution in [0.3, 0.4) is 0 Å². The van der Waals surface area contributed by atoms with Crippen molar-refractivity contribution in [3.8, 4) is 11.8 Å². The molecule has 2 aromatic carbocycles. The van der Waals surface area contributed by atoms with Crippen molar-refractivity contribution >= 4 is 32.4 Å². The summed E-state index contributed by atoms with van der Waals surface area (Å²) in [5.74, 6) is 0.853. The molecule has 3 rings (SSSR count). The van der Waals surface area contributed by atoms with Crippen molar-refractivity contribution in [2.24, 2.45) is 0 Å². The van der Waals surface area contributed by atoms with Crippen LogP contribution in [0.2, 0.25) is 0 Å². The fourth-order valence-corrected chi connectivity index (χ4v) is 2.92. The van der Waals surface area contributed by atoms with Crippen molar-refractivity contribution in [2.75, 3.05) is 11.9 Å². The van der Waals surface area contributed by atoms with E-state index in [0.717, 1.165) is 26.8 Å². The maximum atomic E-state index is 8.92. The average molecular weight is 295 g/mol. The summed E-state index contributed by atoms with van der Waals surface area (Å²) >= 11 is 1.56. The number of hydrogen-bond donors (Lipinski definition) is 1. The van der Waals surface area contributed by atoms with Crippen molar-refractivity contribution < 1.29 is 4.74 Å². The molecular weight excluding hydrogens is 282 g/mol. The predicted molar refractivity (Wildman–Crippen MR) is 85.2 cm³/mol. The molecule has 0 spiro atoms. The molecule has 21 heavy (non-hydrogen) atoms. The Balaban J connectivity index is 1.88. The van der Waals surface area contributed by atoms with Crippen molar-refractivity contribution in [2.45, 2.75) is 6.92 Å². The normalized spacial score (nSPS) is 10.3. The first kappa shape index (κ1) is 13.4. The van der Waals surface area contributed by atoms with E-state index in [-0.39, 0.29) is 0 Å². The van der Waals surface area contributed by atoms with E-state index in [1.54, 1.807) is 23.5 Å². The van der Waals surface area contributed by atoms with Gasteiger partial charge in [-0.05, 0) is 43.3 Å². The highest BCUT2D eigenvalue weighted by Crippen LogP contribution is 2.31. The summed E-state index contributed by atoms with van der Waals surface area (Å²) in [6.45, 7) is 2.61. The molecule has 3 aromatic rings. The van der Waals surface area contributed by atoms with E-state index in [2.05, 4.69) is 16.4 Å². The summed E-state index contributed by atoms with van der Waals surface area (Å²) < 4.78 is 6.56. The number of nitrogens with zero attached hydrogens (tertiary/aromatic N) is 2. The first-order valence-corrected chi connectivity index (χ1v) is 7.40. The maximum Gasteiger partial charge on any atom is 0.188 e. The molecule has 0 fully saturated rings. The second kappa shape index (κ2) is 5.81. The first-order chi connectivity index (χ1) is 10.3. The molecular formula is C16H13N3OS. The van der Waals surface area contributed by atoms with Gasteiger partial charge in [0.05, 0.1) is 28.5 Å². The topological polar surface area (TPSA) is 57.9 Å². The zero-order valence-corrected chi connectivity index (χ0v) is 12.3. The van der Waals surface area contributed by atoms with Gasteiger partial charge in [-0.2, -0.15) is 5.26 Å². The number of ether oxygens (including phenoxy) is 1. The highest BCUT2D eigenvalue weighted by Gasteiger charge is 2.06. The molecule has 0 saturated carbocycles. The average Bonchev–Trinajstić information content (AvgIpc) is 2.89. The molecule has 0 atom stereocenters. The molecule has 104 valence electrons. The van der Waals surface area contributed by atoms with E-state index < -0.39 is 0 Å². The first-order valence-electron chi connectivity index (χ1n) is 6.59. The largest absolute Gasteiger partial charge is 0.494 e. The fraction of sp³-hybridized carbons (Fsp3) is 0.125. The third-order valence-electron chi connectivity index (χ3n) is 2.91. The Kier molecular flexibility index (Phi) is 3.71. The van der Waals surface area contributed by atoms with Crippen LogP contribution >= 0.6 is 11.3 Å². The summed E-state index contributed by atoms with van der Waals surface area (Å²) in [6.07, 6.45) is 0. The Bertz CT molecular complexity index is 820. The molecule has 0 saturated heterocycles. The Labute approximate surface area is 126 Å². The summed E-state index contributed by atoms with van der Waals surface area (Å²) in [5.41, 5.74) is 2.42. The van der Waals surface area contributed by atoms with Crippen LogP contribution in [0.1, 0.15) is 12.5 Å². The van der Waals surface area contributed by atoms with Crippen molar-refractivity contribution in [3.05, 3.63) is 48.0 Å². The van der Waals surface area contributed by atoms with Gasteiger partial charge in [-0.15, -0.1) is 0 Å². The lowest BCUT2D eigenvalue weighted by molar-refractivity contribution is 0.341. The molecule has 0 unspecified atom stereocenters. The number of aromatic nitrogens is 1. The third-order valence-corrected chi connectivity index (χ3v) is 3.85. The summed E-state index contributed by atoms with van der Waals surface area (Å²) in [6, 6.07) is 15.3. The van der Waals surface area contributed by atoms with Gasteiger partial charge in [0.25, 0.3) is 0 Å². The van der Waals surface area contributed by atoms with E-state index in [1.807, 2.05) is 37.3 Å². The van der Waals surface area contributed by atoms with Gasteiger partial charge in [0.1, 0.15) is 5.75 Å². The second-order valence-electron chi connectivity index (χ2n) is 4.40. The summed E-state index contributed by atoms with van der Waals surface area (Å²) in [4.78, 5) is 4.53. The van der Waals surface area contributed by atoms with Crippen LogP contribution in [0.5, 0.6) is 5.75 Å². The number of hydrogen-bond acceptors (Lipinski definition) is 5. The molecule has 0 bridgehead atoms. The monoisotopic (exact) mass is 295 g/mol. The number of nitrogens with one attached hydrogen (secondary N) is 1. The van der Waals surface area contributed by atoms with Crippen LogP contribution < -0.4 is 10.1 Å². The molecule has 0 aliphatic rings. The highest BCUT2D eigenvalue weighted by molar-refractivity contribution is 7.22. The van der Waals surface area contributed by atoms with Crippen LogP contribution in [0.4, 0.5) is 10.8 Å². The van der Waals surface area contributed by atoms with Crippen LogP contribution in [-0.4, -0.2) is 11.6 Å². The zero-order valence-electron chi connectivity index (χ0n) is 11.5. The lowest BCUT2D eigenvalue weighted by Gasteiger charge is -2.01. The zero-order chi connectivity index (χ0) is 14.7. The molecule has 0 radical (unpaired) electrons. The van der Waals surface area contributed by atoms with Gasteiger partial charge in [0.2, 0.25) is 0 Å². The van der Waals surface area contributed by atoms with Gasteiger partial charge in [-0.25, -0.2) is 4.98 Å².